The number of halogens is 1. The Morgan fingerprint density at radius 1 is 1.27 bits per heavy atom. The second-order valence-electron chi connectivity index (χ2n) is 8.78. The maximum atomic E-state index is 12.1. The van der Waals surface area contributed by atoms with Gasteiger partial charge in [-0.05, 0) is 37.8 Å². The number of aromatic nitrogens is 3. The maximum absolute atomic E-state index is 12.1. The minimum absolute atomic E-state index is 0. The number of hydrogen-bond acceptors (Lipinski definition) is 4. The van der Waals surface area contributed by atoms with Crippen molar-refractivity contribution in [1.82, 2.24) is 25.0 Å². The number of fused-ring (bicyclic) bond motifs is 1. The second kappa shape index (κ2) is 11.8. The van der Waals surface area contributed by atoms with Gasteiger partial charge in [0.05, 0.1) is 0 Å². The smallest absolute Gasteiger partial charge is 0.222 e. The summed E-state index contributed by atoms with van der Waals surface area (Å²) in [4.78, 5) is 21.3. The van der Waals surface area contributed by atoms with Crippen molar-refractivity contribution < 1.29 is 4.79 Å². The predicted octanol–water partition coefficient (Wildman–Crippen LogP) is 3.60. The van der Waals surface area contributed by atoms with Crippen molar-refractivity contribution >= 4 is 41.5 Å². The van der Waals surface area contributed by atoms with Crippen LogP contribution in [0.3, 0.4) is 0 Å². The number of aryl methyl sites for hydroxylation is 1. The molecule has 0 saturated carbocycles. The van der Waals surface area contributed by atoms with Gasteiger partial charge in [0.15, 0.2) is 11.8 Å². The third-order valence-corrected chi connectivity index (χ3v) is 6.61. The maximum Gasteiger partial charge on any atom is 0.222 e. The third-order valence-electron chi connectivity index (χ3n) is 6.61. The molecule has 1 saturated heterocycles. The van der Waals surface area contributed by atoms with Crippen molar-refractivity contribution in [3.05, 3.63) is 41.5 Å². The molecule has 4 rings (SSSR count). The number of anilines is 1. The van der Waals surface area contributed by atoms with E-state index < -0.39 is 0 Å². The zero-order valence-corrected chi connectivity index (χ0v) is 22.3. The fourth-order valence-electron chi connectivity index (χ4n) is 4.54. The van der Waals surface area contributed by atoms with E-state index in [0.29, 0.717) is 24.8 Å². The molecule has 0 spiro atoms. The highest BCUT2D eigenvalue weighted by Gasteiger charge is 2.32. The third kappa shape index (κ3) is 5.85. The average Bonchev–Trinajstić information content (AvgIpc) is 3.47. The fraction of sp³-hybridized carbons (Fsp3) is 0.583. The van der Waals surface area contributed by atoms with Crippen molar-refractivity contribution in [3.63, 3.8) is 0 Å². The Balaban J connectivity index is 0.00000306. The molecule has 9 heteroatoms. The van der Waals surface area contributed by atoms with Gasteiger partial charge in [0.1, 0.15) is 12.4 Å². The second-order valence-corrected chi connectivity index (χ2v) is 8.78. The first-order chi connectivity index (χ1) is 15.6. The Morgan fingerprint density at radius 3 is 2.79 bits per heavy atom. The van der Waals surface area contributed by atoms with Crippen LogP contribution >= 0.6 is 24.0 Å². The van der Waals surface area contributed by atoms with E-state index in [0.717, 1.165) is 69.5 Å². The van der Waals surface area contributed by atoms with Crippen LogP contribution in [0.25, 0.3) is 0 Å². The standard InChI is InChI=1S/C24H35N7O.HI/c1-4-5-13-25-24(26-16-22-28-27-18(2)29(22)3)31-17-19(20-9-6-7-10-21(20)31)12-15-30-14-8-11-23(30)32;/h6-7,9-10,19H,4-5,8,11-17H2,1-3H3,(H,25,26);1H. The number of rotatable bonds is 8. The number of likely N-dealkylation sites (tertiary alicyclic amines) is 1. The van der Waals surface area contributed by atoms with Gasteiger partial charge in [-0.1, -0.05) is 31.5 Å². The number of nitrogens with one attached hydrogen (secondary N) is 1. The van der Waals surface area contributed by atoms with Gasteiger partial charge in [-0.25, -0.2) is 4.99 Å². The number of unbranched alkanes of at least 4 members (excludes halogenated alkanes) is 1. The molecule has 0 bridgehead atoms. The summed E-state index contributed by atoms with van der Waals surface area (Å²) in [5.74, 6) is 3.32. The molecule has 2 aliphatic heterocycles. The van der Waals surface area contributed by atoms with Crippen LogP contribution in [0.1, 0.15) is 62.2 Å². The molecule has 1 N–H and O–H groups in total. The molecule has 2 aliphatic rings. The number of carbonyl (C=O) groups is 1. The highest BCUT2D eigenvalue weighted by molar-refractivity contribution is 14.0. The number of guanidine groups is 1. The van der Waals surface area contributed by atoms with Gasteiger partial charge in [-0.15, -0.1) is 34.2 Å². The van der Waals surface area contributed by atoms with Gasteiger partial charge in [0.2, 0.25) is 5.91 Å². The molecule has 0 aliphatic carbocycles. The largest absolute Gasteiger partial charge is 0.356 e. The topological polar surface area (TPSA) is 78.7 Å². The fourth-order valence-corrected chi connectivity index (χ4v) is 4.54. The Bertz CT molecular complexity index is 973. The molecule has 180 valence electrons. The minimum atomic E-state index is 0. The molecule has 0 radical (unpaired) electrons. The van der Waals surface area contributed by atoms with Crippen LogP contribution in [0.5, 0.6) is 0 Å². The van der Waals surface area contributed by atoms with E-state index in [1.165, 1.54) is 11.3 Å². The number of nitrogens with zero attached hydrogens (tertiary/aromatic N) is 6. The van der Waals surface area contributed by atoms with Gasteiger partial charge in [-0.2, -0.15) is 0 Å². The van der Waals surface area contributed by atoms with Crippen molar-refractivity contribution in [1.29, 1.82) is 0 Å². The number of para-hydroxylation sites is 1. The zero-order valence-electron chi connectivity index (χ0n) is 20.0. The van der Waals surface area contributed by atoms with E-state index in [1.807, 2.05) is 23.4 Å². The van der Waals surface area contributed by atoms with E-state index in [2.05, 4.69) is 51.6 Å². The van der Waals surface area contributed by atoms with Crippen molar-refractivity contribution in [2.24, 2.45) is 12.0 Å². The molecule has 1 aromatic heterocycles. The van der Waals surface area contributed by atoms with Crippen molar-refractivity contribution in [2.75, 3.05) is 31.1 Å². The summed E-state index contributed by atoms with van der Waals surface area (Å²) in [7, 11) is 1.98. The summed E-state index contributed by atoms with van der Waals surface area (Å²) < 4.78 is 1.99. The van der Waals surface area contributed by atoms with Crippen molar-refractivity contribution in [2.45, 2.75) is 58.4 Å². The normalized spacial score (nSPS) is 18.0. The highest BCUT2D eigenvalue weighted by atomic mass is 127. The Morgan fingerprint density at radius 2 is 2.09 bits per heavy atom. The Hall–Kier alpha value is -2.17. The average molecular weight is 566 g/mol. The lowest BCUT2D eigenvalue weighted by Crippen LogP contribution is -2.41. The van der Waals surface area contributed by atoms with E-state index in [-0.39, 0.29) is 24.0 Å². The summed E-state index contributed by atoms with van der Waals surface area (Å²) >= 11 is 0. The number of carbonyl (C=O) groups excluding carboxylic acids is 1. The number of aliphatic imine (C=N–C) groups is 1. The van der Waals surface area contributed by atoms with Gasteiger partial charge in [-0.3, -0.25) is 4.79 Å². The molecule has 3 heterocycles. The highest BCUT2D eigenvalue weighted by Crippen LogP contribution is 2.38. The quantitative estimate of drug-likeness (QED) is 0.229. The SMILES string of the molecule is CCCCNC(=NCc1nnc(C)n1C)N1CC(CCN2CCCC2=O)c2ccccc21.I. The first kappa shape index (κ1) is 25.5. The predicted molar refractivity (Wildman–Crippen MR) is 142 cm³/mol. The molecule has 1 aromatic carbocycles. The van der Waals surface area contributed by atoms with Crippen LogP contribution in [0.4, 0.5) is 5.69 Å². The monoisotopic (exact) mass is 565 g/mol. The zero-order chi connectivity index (χ0) is 22.5. The lowest BCUT2D eigenvalue weighted by molar-refractivity contribution is -0.127. The van der Waals surface area contributed by atoms with Gasteiger partial charge in [0, 0.05) is 51.3 Å². The van der Waals surface area contributed by atoms with Crippen LogP contribution in [0, 0.1) is 6.92 Å². The Kier molecular flexibility index (Phi) is 9.10. The molecule has 8 nitrogen and oxygen atoms in total. The molecule has 1 amide bonds. The first-order valence-corrected chi connectivity index (χ1v) is 11.9. The van der Waals surface area contributed by atoms with Crippen LogP contribution in [-0.2, 0) is 18.4 Å². The summed E-state index contributed by atoms with van der Waals surface area (Å²) in [5, 5.41) is 12.0. The lowest BCUT2D eigenvalue weighted by Gasteiger charge is -2.24. The van der Waals surface area contributed by atoms with E-state index >= 15 is 0 Å². The van der Waals surface area contributed by atoms with Crippen molar-refractivity contribution in [3.8, 4) is 0 Å². The van der Waals surface area contributed by atoms with E-state index in [4.69, 9.17) is 4.99 Å². The first-order valence-electron chi connectivity index (χ1n) is 11.9. The summed E-state index contributed by atoms with van der Waals surface area (Å²) in [6.45, 7) is 8.13. The summed E-state index contributed by atoms with van der Waals surface area (Å²) in [5.41, 5.74) is 2.56. The van der Waals surface area contributed by atoms with Crippen LogP contribution in [0.15, 0.2) is 29.3 Å². The molecule has 1 unspecified atom stereocenters. The number of amides is 1. The molecular formula is C24H36IN7O. The van der Waals surface area contributed by atoms with Crippen LogP contribution in [0.2, 0.25) is 0 Å². The number of benzene rings is 1. The molecule has 1 fully saturated rings. The van der Waals surface area contributed by atoms with E-state index in [9.17, 15) is 4.79 Å². The minimum Gasteiger partial charge on any atom is -0.356 e. The Labute approximate surface area is 213 Å². The van der Waals surface area contributed by atoms with Gasteiger partial charge < -0.3 is 19.7 Å². The summed E-state index contributed by atoms with van der Waals surface area (Å²) in [6, 6.07) is 8.61. The molecule has 1 atom stereocenters. The molecule has 33 heavy (non-hydrogen) atoms. The molecule has 2 aromatic rings. The van der Waals surface area contributed by atoms with Gasteiger partial charge >= 0.3 is 0 Å². The number of hydrogen-bond donors (Lipinski definition) is 1. The van der Waals surface area contributed by atoms with Gasteiger partial charge in [0.25, 0.3) is 0 Å². The van der Waals surface area contributed by atoms with Crippen LogP contribution < -0.4 is 10.2 Å². The molecular weight excluding hydrogens is 529 g/mol. The lowest BCUT2D eigenvalue weighted by atomic mass is 9.98. The van der Waals surface area contributed by atoms with E-state index in [1.54, 1.807) is 0 Å². The van der Waals surface area contributed by atoms with Crippen LogP contribution in [-0.4, -0.2) is 57.7 Å². The summed E-state index contributed by atoms with van der Waals surface area (Å²) in [6.07, 6.45) is 4.90.